The third-order valence-electron chi connectivity index (χ3n) is 1.58. The molecule has 1 aromatic carbocycles. The lowest BCUT2D eigenvalue weighted by Crippen LogP contribution is -2.20. The van der Waals surface area contributed by atoms with Crippen LogP contribution in [0.15, 0.2) is 18.2 Å². The summed E-state index contributed by atoms with van der Waals surface area (Å²) >= 11 is 0. The smallest absolute Gasteiger partial charge is 0.255 e. The molecule has 0 atom stereocenters. The van der Waals surface area contributed by atoms with E-state index in [1.807, 2.05) is 13.0 Å². The lowest BCUT2D eigenvalue weighted by atomic mass is 10.2. The van der Waals surface area contributed by atoms with E-state index < -0.39 is 5.91 Å². The van der Waals surface area contributed by atoms with E-state index in [2.05, 4.69) is 0 Å². The van der Waals surface area contributed by atoms with Crippen LogP contribution in [-0.4, -0.2) is 12.5 Å². The molecule has 4 nitrogen and oxygen atoms in total. The van der Waals surface area contributed by atoms with E-state index >= 15 is 0 Å². The number of nitrogens with two attached hydrogens (primary N) is 2. The molecule has 0 bridgehead atoms. The standard InChI is InChI=1S/C9H12N2O2/c1-6-2-3-7(10)4-8(6)13-5-9(11)12/h2-4H,5,10H2,1H3,(H2,11,12). The Morgan fingerprint density at radius 2 is 2.23 bits per heavy atom. The van der Waals surface area contributed by atoms with Gasteiger partial charge < -0.3 is 16.2 Å². The Morgan fingerprint density at radius 3 is 2.85 bits per heavy atom. The summed E-state index contributed by atoms with van der Waals surface area (Å²) in [6, 6.07) is 5.26. The number of hydrogen-bond donors (Lipinski definition) is 2. The van der Waals surface area contributed by atoms with Crippen molar-refractivity contribution < 1.29 is 9.53 Å². The average molecular weight is 180 g/mol. The molecule has 1 amide bonds. The van der Waals surface area contributed by atoms with Crippen LogP contribution in [-0.2, 0) is 4.79 Å². The number of ether oxygens (including phenoxy) is 1. The zero-order valence-corrected chi connectivity index (χ0v) is 7.41. The summed E-state index contributed by atoms with van der Waals surface area (Å²) in [4.78, 5) is 10.4. The molecule has 0 aliphatic heterocycles. The first kappa shape index (κ1) is 9.38. The summed E-state index contributed by atoms with van der Waals surface area (Å²) in [6.45, 7) is 1.75. The molecule has 0 aliphatic rings. The van der Waals surface area contributed by atoms with Crippen molar-refractivity contribution in [3.8, 4) is 5.75 Å². The van der Waals surface area contributed by atoms with Crippen molar-refractivity contribution in [2.75, 3.05) is 12.3 Å². The van der Waals surface area contributed by atoms with Gasteiger partial charge in [0.2, 0.25) is 0 Å². The number of anilines is 1. The molecule has 0 unspecified atom stereocenters. The topological polar surface area (TPSA) is 78.3 Å². The first-order valence-electron chi connectivity index (χ1n) is 3.87. The largest absolute Gasteiger partial charge is 0.483 e. The maximum absolute atomic E-state index is 10.4. The molecule has 70 valence electrons. The normalized spacial score (nSPS) is 9.62. The van der Waals surface area contributed by atoms with Crippen molar-refractivity contribution in [3.63, 3.8) is 0 Å². The molecule has 0 fully saturated rings. The molecule has 0 aliphatic carbocycles. The minimum Gasteiger partial charge on any atom is -0.483 e. The third kappa shape index (κ3) is 2.66. The number of primary amides is 1. The molecule has 0 aromatic heterocycles. The summed E-state index contributed by atoms with van der Waals surface area (Å²) in [6.07, 6.45) is 0. The van der Waals surface area contributed by atoms with Gasteiger partial charge in [-0.05, 0) is 18.6 Å². The van der Waals surface area contributed by atoms with E-state index in [-0.39, 0.29) is 6.61 Å². The Balaban J connectivity index is 2.75. The second-order valence-corrected chi connectivity index (χ2v) is 2.78. The molecule has 13 heavy (non-hydrogen) atoms. The van der Waals surface area contributed by atoms with Gasteiger partial charge in [0.25, 0.3) is 5.91 Å². The molecule has 0 saturated heterocycles. The van der Waals surface area contributed by atoms with Crippen molar-refractivity contribution in [2.24, 2.45) is 5.73 Å². The highest BCUT2D eigenvalue weighted by atomic mass is 16.5. The molecule has 0 heterocycles. The van der Waals surface area contributed by atoms with E-state index in [0.717, 1.165) is 5.56 Å². The molecule has 1 aromatic rings. The van der Waals surface area contributed by atoms with Gasteiger partial charge >= 0.3 is 0 Å². The maximum atomic E-state index is 10.4. The summed E-state index contributed by atoms with van der Waals surface area (Å²) < 4.78 is 5.12. The highest BCUT2D eigenvalue weighted by Crippen LogP contribution is 2.20. The number of carbonyl (C=O) groups is 1. The molecule has 0 radical (unpaired) electrons. The zero-order chi connectivity index (χ0) is 9.84. The van der Waals surface area contributed by atoms with Gasteiger partial charge in [-0.2, -0.15) is 0 Å². The van der Waals surface area contributed by atoms with Gasteiger partial charge in [-0.3, -0.25) is 4.79 Å². The van der Waals surface area contributed by atoms with Crippen LogP contribution in [0.5, 0.6) is 5.75 Å². The number of nitrogen functional groups attached to an aromatic ring is 1. The highest BCUT2D eigenvalue weighted by molar-refractivity contribution is 5.75. The first-order chi connectivity index (χ1) is 6.09. The Morgan fingerprint density at radius 1 is 1.54 bits per heavy atom. The number of benzene rings is 1. The molecular weight excluding hydrogens is 168 g/mol. The van der Waals surface area contributed by atoms with Gasteiger partial charge in [0, 0.05) is 11.8 Å². The zero-order valence-electron chi connectivity index (χ0n) is 7.41. The fraction of sp³-hybridized carbons (Fsp3) is 0.222. The number of hydrogen-bond acceptors (Lipinski definition) is 3. The predicted molar refractivity (Wildman–Crippen MR) is 50.3 cm³/mol. The minimum absolute atomic E-state index is 0.121. The van der Waals surface area contributed by atoms with Gasteiger partial charge in [-0.15, -0.1) is 0 Å². The van der Waals surface area contributed by atoms with Crippen LogP contribution in [0.3, 0.4) is 0 Å². The summed E-state index contributed by atoms with van der Waals surface area (Å²) in [7, 11) is 0. The summed E-state index contributed by atoms with van der Waals surface area (Å²) in [5, 5.41) is 0. The van der Waals surface area contributed by atoms with Gasteiger partial charge in [0.05, 0.1) is 0 Å². The van der Waals surface area contributed by atoms with Crippen LogP contribution in [0.4, 0.5) is 5.69 Å². The van der Waals surface area contributed by atoms with E-state index in [1.54, 1.807) is 12.1 Å². The summed E-state index contributed by atoms with van der Waals surface area (Å²) in [5.74, 6) is 0.0978. The Kier molecular flexibility index (Phi) is 2.74. The van der Waals surface area contributed by atoms with Gasteiger partial charge in [-0.1, -0.05) is 6.07 Å². The lowest BCUT2D eigenvalue weighted by Gasteiger charge is -2.07. The number of carbonyl (C=O) groups excluding carboxylic acids is 1. The Hall–Kier alpha value is -1.71. The third-order valence-corrected chi connectivity index (χ3v) is 1.58. The lowest BCUT2D eigenvalue weighted by molar-refractivity contribution is -0.119. The van der Waals surface area contributed by atoms with Gasteiger partial charge in [-0.25, -0.2) is 0 Å². The van der Waals surface area contributed by atoms with E-state index in [4.69, 9.17) is 16.2 Å². The van der Waals surface area contributed by atoms with Crippen molar-refractivity contribution in [3.05, 3.63) is 23.8 Å². The van der Waals surface area contributed by atoms with E-state index in [0.29, 0.717) is 11.4 Å². The van der Waals surface area contributed by atoms with Gasteiger partial charge in [0.15, 0.2) is 6.61 Å². The average Bonchev–Trinajstić information content (AvgIpc) is 2.06. The molecule has 0 spiro atoms. The Bertz CT molecular complexity index is 323. The summed E-state index contributed by atoms with van der Waals surface area (Å²) in [5.41, 5.74) is 12.0. The second-order valence-electron chi connectivity index (χ2n) is 2.78. The van der Waals surface area contributed by atoms with Crippen LogP contribution in [0.25, 0.3) is 0 Å². The van der Waals surface area contributed by atoms with Crippen LogP contribution in [0.2, 0.25) is 0 Å². The monoisotopic (exact) mass is 180 g/mol. The SMILES string of the molecule is Cc1ccc(N)cc1OCC(N)=O. The van der Waals surface area contributed by atoms with Crippen LogP contribution < -0.4 is 16.2 Å². The molecule has 0 saturated carbocycles. The Labute approximate surface area is 76.5 Å². The molecule has 1 rings (SSSR count). The molecule has 4 heteroatoms. The highest BCUT2D eigenvalue weighted by Gasteiger charge is 2.01. The van der Waals surface area contributed by atoms with E-state index in [9.17, 15) is 4.79 Å². The quantitative estimate of drug-likeness (QED) is 0.662. The fourth-order valence-corrected chi connectivity index (χ4v) is 0.921. The van der Waals surface area contributed by atoms with Crippen molar-refractivity contribution in [1.29, 1.82) is 0 Å². The van der Waals surface area contributed by atoms with Gasteiger partial charge in [0.1, 0.15) is 5.75 Å². The number of rotatable bonds is 3. The molecular formula is C9H12N2O2. The van der Waals surface area contributed by atoms with Crippen LogP contribution in [0, 0.1) is 6.92 Å². The van der Waals surface area contributed by atoms with E-state index in [1.165, 1.54) is 0 Å². The minimum atomic E-state index is -0.498. The number of amides is 1. The fourth-order valence-electron chi connectivity index (χ4n) is 0.921. The maximum Gasteiger partial charge on any atom is 0.255 e. The number of aryl methyl sites for hydroxylation is 1. The molecule has 4 N–H and O–H groups in total. The van der Waals surface area contributed by atoms with Crippen LogP contribution >= 0.6 is 0 Å². The predicted octanol–water partition coefficient (Wildman–Crippen LogP) is 0.441. The van der Waals surface area contributed by atoms with Crippen molar-refractivity contribution in [2.45, 2.75) is 6.92 Å². The van der Waals surface area contributed by atoms with Crippen molar-refractivity contribution >= 4 is 11.6 Å². The van der Waals surface area contributed by atoms with Crippen LogP contribution in [0.1, 0.15) is 5.56 Å². The second kappa shape index (κ2) is 3.80. The van der Waals surface area contributed by atoms with Crippen molar-refractivity contribution in [1.82, 2.24) is 0 Å². The first-order valence-corrected chi connectivity index (χ1v) is 3.87.